The average Bonchev–Trinajstić information content (AvgIpc) is 3.85. The highest BCUT2D eigenvalue weighted by molar-refractivity contribution is 5.52. The first-order valence-corrected chi connectivity index (χ1v) is 12.5. The third kappa shape index (κ3) is 6.01. The molecular formula is C30H34O6. The average molecular weight is 491 g/mol. The van der Waals surface area contributed by atoms with Gasteiger partial charge in [-0.3, -0.25) is 0 Å². The number of hydrogen-bond donors (Lipinski definition) is 0. The van der Waals surface area contributed by atoms with Gasteiger partial charge in [-0.1, -0.05) is 36.4 Å². The van der Waals surface area contributed by atoms with Crippen LogP contribution in [0.1, 0.15) is 30.5 Å². The smallest absolute Gasteiger partial charge is 0.119 e. The Kier molecular flexibility index (Phi) is 7.46. The second-order valence-electron chi connectivity index (χ2n) is 9.59. The maximum atomic E-state index is 5.89. The lowest BCUT2D eigenvalue weighted by Crippen LogP contribution is -2.25. The van der Waals surface area contributed by atoms with Crippen molar-refractivity contribution in [3.05, 3.63) is 89.5 Å². The van der Waals surface area contributed by atoms with Crippen LogP contribution in [0.25, 0.3) is 0 Å². The Morgan fingerprint density at radius 2 is 1.06 bits per heavy atom. The number of epoxide rings is 2. The summed E-state index contributed by atoms with van der Waals surface area (Å²) in [6, 6.07) is 25.0. The molecule has 2 aliphatic rings. The molecule has 0 aliphatic carbocycles. The number of rotatable bonds is 13. The van der Waals surface area contributed by atoms with Gasteiger partial charge in [-0.25, -0.2) is 0 Å². The summed E-state index contributed by atoms with van der Waals surface area (Å²) in [6.07, 6.45) is 0.499. The summed E-state index contributed by atoms with van der Waals surface area (Å²) < 4.78 is 33.4. The molecule has 6 nitrogen and oxygen atoms in total. The minimum absolute atomic E-state index is 0.0364. The predicted octanol–water partition coefficient (Wildman–Crippen LogP) is 5.01. The lowest BCUT2D eigenvalue weighted by molar-refractivity contribution is 0.0716. The minimum atomic E-state index is -0.394. The fraction of sp³-hybridized carbons (Fsp3) is 0.400. The molecule has 3 aromatic carbocycles. The minimum Gasteiger partial charge on any atom is -0.491 e. The summed E-state index contributed by atoms with van der Waals surface area (Å²) in [5.74, 6) is 2.51. The highest BCUT2D eigenvalue weighted by Gasteiger charge is 2.32. The molecule has 0 bridgehead atoms. The van der Waals surface area contributed by atoms with Crippen LogP contribution in [-0.2, 0) is 19.6 Å². The zero-order valence-corrected chi connectivity index (χ0v) is 21.1. The summed E-state index contributed by atoms with van der Waals surface area (Å²) in [6.45, 7) is 7.49. The molecule has 0 spiro atoms. The molecule has 0 N–H and O–H groups in total. The van der Waals surface area contributed by atoms with Gasteiger partial charge in [0, 0.05) is 12.5 Å². The number of benzene rings is 3. The molecule has 5 rings (SSSR count). The van der Waals surface area contributed by atoms with Gasteiger partial charge in [-0.2, -0.15) is 0 Å². The van der Waals surface area contributed by atoms with Crippen molar-refractivity contribution in [1.29, 1.82) is 0 Å². The quantitative estimate of drug-likeness (QED) is 0.248. The molecule has 2 heterocycles. The van der Waals surface area contributed by atoms with Crippen molar-refractivity contribution in [3.8, 4) is 17.2 Å². The molecule has 6 heteroatoms. The van der Waals surface area contributed by atoms with E-state index in [9.17, 15) is 0 Å². The second kappa shape index (κ2) is 10.9. The van der Waals surface area contributed by atoms with Gasteiger partial charge in [0.15, 0.2) is 0 Å². The molecule has 3 unspecified atom stereocenters. The van der Waals surface area contributed by atoms with E-state index in [0.717, 1.165) is 36.0 Å². The predicted molar refractivity (Wildman–Crippen MR) is 137 cm³/mol. The first-order chi connectivity index (χ1) is 17.5. The SMILES string of the molecule is COC(C)COc1ccc(C(C)(c2ccc(OCC3CO3)cc2)c2ccc(OCC3CO3)cc2)cc1. The number of hydrogen-bond acceptors (Lipinski definition) is 6. The molecule has 2 fully saturated rings. The van der Waals surface area contributed by atoms with E-state index in [1.54, 1.807) is 7.11 Å². The zero-order chi connectivity index (χ0) is 25.0. The highest BCUT2D eigenvalue weighted by atomic mass is 16.6. The van der Waals surface area contributed by atoms with Crippen molar-refractivity contribution < 1.29 is 28.4 Å². The molecule has 0 amide bonds. The lowest BCUT2D eigenvalue weighted by atomic mass is 9.71. The maximum absolute atomic E-state index is 5.89. The van der Waals surface area contributed by atoms with Crippen LogP contribution < -0.4 is 14.2 Å². The van der Waals surface area contributed by atoms with E-state index in [1.807, 2.05) is 43.3 Å². The van der Waals surface area contributed by atoms with E-state index in [2.05, 4.69) is 43.3 Å². The van der Waals surface area contributed by atoms with Crippen molar-refractivity contribution in [2.24, 2.45) is 0 Å². The summed E-state index contributed by atoms with van der Waals surface area (Å²) >= 11 is 0. The largest absolute Gasteiger partial charge is 0.491 e. The highest BCUT2D eigenvalue weighted by Crippen LogP contribution is 2.40. The first kappa shape index (κ1) is 24.6. The van der Waals surface area contributed by atoms with E-state index in [-0.39, 0.29) is 18.3 Å². The Morgan fingerprint density at radius 3 is 1.39 bits per heavy atom. The van der Waals surface area contributed by atoms with E-state index in [4.69, 9.17) is 28.4 Å². The van der Waals surface area contributed by atoms with Crippen molar-refractivity contribution in [2.75, 3.05) is 40.1 Å². The van der Waals surface area contributed by atoms with Crippen LogP contribution in [0.2, 0.25) is 0 Å². The van der Waals surface area contributed by atoms with Crippen LogP contribution in [0.5, 0.6) is 17.2 Å². The van der Waals surface area contributed by atoms with Gasteiger partial charge in [0.05, 0.1) is 19.3 Å². The van der Waals surface area contributed by atoms with Gasteiger partial charge in [-0.05, 0) is 66.9 Å². The van der Waals surface area contributed by atoms with Gasteiger partial charge in [0.2, 0.25) is 0 Å². The van der Waals surface area contributed by atoms with Crippen molar-refractivity contribution >= 4 is 0 Å². The molecule has 2 saturated heterocycles. The summed E-state index contributed by atoms with van der Waals surface area (Å²) in [5, 5.41) is 0. The summed E-state index contributed by atoms with van der Waals surface area (Å²) in [7, 11) is 1.69. The summed E-state index contributed by atoms with van der Waals surface area (Å²) in [4.78, 5) is 0. The van der Waals surface area contributed by atoms with Crippen molar-refractivity contribution in [1.82, 2.24) is 0 Å². The van der Waals surface area contributed by atoms with Crippen molar-refractivity contribution in [3.63, 3.8) is 0 Å². The van der Waals surface area contributed by atoms with E-state index >= 15 is 0 Å². The van der Waals surface area contributed by atoms with Crippen LogP contribution >= 0.6 is 0 Å². The van der Waals surface area contributed by atoms with Gasteiger partial charge in [0.1, 0.15) is 49.3 Å². The number of methoxy groups -OCH3 is 1. The maximum Gasteiger partial charge on any atom is 0.119 e. The van der Waals surface area contributed by atoms with Crippen LogP contribution in [-0.4, -0.2) is 58.5 Å². The molecule has 2 aliphatic heterocycles. The van der Waals surface area contributed by atoms with Crippen LogP contribution in [0, 0.1) is 0 Å². The Balaban J connectivity index is 1.40. The standard InChI is InChI=1S/C30H34O6/c1-21(31-3)16-32-25-10-4-22(5-11-25)30(2,23-6-12-26(13-7-23)33-17-28-19-35-28)24-8-14-27(15-9-24)34-18-29-20-36-29/h4-15,21,28-29H,16-20H2,1-3H3. The van der Waals surface area contributed by atoms with E-state index in [1.165, 1.54) is 11.1 Å². The molecule has 0 aromatic heterocycles. The Bertz CT molecular complexity index is 1040. The number of ether oxygens (including phenoxy) is 6. The zero-order valence-electron chi connectivity index (χ0n) is 21.1. The Morgan fingerprint density at radius 1 is 0.694 bits per heavy atom. The van der Waals surface area contributed by atoms with Gasteiger partial charge >= 0.3 is 0 Å². The lowest BCUT2D eigenvalue weighted by Gasteiger charge is -2.32. The normalized spacial score (nSPS) is 20.8. The first-order valence-electron chi connectivity index (χ1n) is 12.5. The topological polar surface area (TPSA) is 62.0 Å². The molecule has 0 radical (unpaired) electrons. The Hall–Kier alpha value is -3.06. The Labute approximate surface area is 213 Å². The molecule has 0 saturated carbocycles. The van der Waals surface area contributed by atoms with Gasteiger partial charge < -0.3 is 28.4 Å². The van der Waals surface area contributed by atoms with Crippen LogP contribution in [0.3, 0.4) is 0 Å². The van der Waals surface area contributed by atoms with Crippen LogP contribution in [0.4, 0.5) is 0 Å². The van der Waals surface area contributed by atoms with Gasteiger partial charge in [0.25, 0.3) is 0 Å². The van der Waals surface area contributed by atoms with Crippen LogP contribution in [0.15, 0.2) is 72.8 Å². The molecule has 3 aromatic rings. The molecule has 3 atom stereocenters. The molecule has 190 valence electrons. The van der Waals surface area contributed by atoms with Gasteiger partial charge in [-0.15, -0.1) is 0 Å². The fourth-order valence-corrected chi connectivity index (χ4v) is 4.14. The third-order valence-electron chi connectivity index (χ3n) is 6.86. The third-order valence-corrected chi connectivity index (χ3v) is 6.86. The molecule has 36 heavy (non-hydrogen) atoms. The van der Waals surface area contributed by atoms with E-state index in [0.29, 0.717) is 19.8 Å². The summed E-state index contributed by atoms with van der Waals surface area (Å²) in [5.41, 5.74) is 3.10. The van der Waals surface area contributed by atoms with Crippen molar-refractivity contribution in [2.45, 2.75) is 37.6 Å². The second-order valence-corrected chi connectivity index (χ2v) is 9.59. The fourth-order valence-electron chi connectivity index (χ4n) is 4.14. The van der Waals surface area contributed by atoms with E-state index < -0.39 is 5.41 Å². The molecular weight excluding hydrogens is 456 g/mol. The monoisotopic (exact) mass is 490 g/mol.